The lowest BCUT2D eigenvalue weighted by atomic mass is 9.93. The second-order valence-electron chi connectivity index (χ2n) is 15.3. The van der Waals surface area contributed by atoms with Gasteiger partial charge in [-0.2, -0.15) is 0 Å². The molecule has 0 amide bonds. The molecule has 0 aliphatic carbocycles. The third-order valence-corrected chi connectivity index (χ3v) is 11.7. The molecule has 0 radical (unpaired) electrons. The van der Waals surface area contributed by atoms with Crippen LogP contribution in [0.4, 0.5) is 17.1 Å². The number of nitrogens with zero attached hydrogens (tertiary/aromatic N) is 1. The van der Waals surface area contributed by atoms with E-state index in [2.05, 4.69) is 235 Å². The SMILES string of the molecule is c1ccc(-c2ccc(-c3ccccc3N(c3ccc(-c4cc5ccccc5c5ccccc45)cc3)c3cccc(-c4oc5ccccc5c4-c4ccccc4)c3)cc2)cc1. The molecule has 0 bridgehead atoms. The first-order chi connectivity index (χ1) is 29.8. The summed E-state index contributed by atoms with van der Waals surface area (Å²) >= 11 is 0. The molecule has 2 nitrogen and oxygen atoms in total. The van der Waals surface area contributed by atoms with E-state index in [4.69, 9.17) is 4.42 Å². The summed E-state index contributed by atoms with van der Waals surface area (Å²) in [5, 5.41) is 6.12. The van der Waals surface area contributed by atoms with E-state index in [0.29, 0.717) is 0 Å². The Hall–Kier alpha value is -7.94. The van der Waals surface area contributed by atoms with E-state index in [-0.39, 0.29) is 0 Å². The highest BCUT2D eigenvalue weighted by atomic mass is 16.3. The van der Waals surface area contributed by atoms with Crippen LogP contribution in [0, 0.1) is 0 Å². The van der Waals surface area contributed by atoms with E-state index in [1.54, 1.807) is 0 Å². The molecule has 0 N–H and O–H groups in total. The molecule has 0 unspecified atom stereocenters. The minimum atomic E-state index is 0.854. The molecule has 1 heterocycles. The fourth-order valence-corrected chi connectivity index (χ4v) is 8.82. The van der Waals surface area contributed by atoms with Crippen LogP contribution in [0.25, 0.3) is 88.3 Å². The Balaban J connectivity index is 1.08. The van der Waals surface area contributed by atoms with Crippen molar-refractivity contribution in [1.82, 2.24) is 0 Å². The van der Waals surface area contributed by atoms with Gasteiger partial charge >= 0.3 is 0 Å². The Morgan fingerprint density at radius 2 is 0.850 bits per heavy atom. The standard InChI is InChI=1S/C58H39NO/c1-3-16-40(17-4-1)41-30-32-42(33-31-41)50-24-11-13-28-55(50)59(47-36-34-43(35-37-47)54-39-45-20-7-8-23-49(45)51-25-9-10-26-52(51)54)48-22-15-21-46(38-48)58-57(44-18-5-2-6-19-44)53-27-12-14-29-56(53)60-58/h1-39H. The molecule has 11 aromatic rings. The topological polar surface area (TPSA) is 16.4 Å². The highest BCUT2D eigenvalue weighted by Crippen LogP contribution is 2.46. The molecule has 0 spiro atoms. The third kappa shape index (κ3) is 6.32. The number of anilines is 3. The maximum absolute atomic E-state index is 6.74. The Bertz CT molecular complexity index is 3290. The van der Waals surface area contributed by atoms with Crippen molar-refractivity contribution in [1.29, 1.82) is 0 Å². The number of furan rings is 1. The van der Waals surface area contributed by atoms with Crippen molar-refractivity contribution >= 4 is 49.6 Å². The zero-order valence-electron chi connectivity index (χ0n) is 32.9. The molecule has 0 saturated heterocycles. The second kappa shape index (κ2) is 15.1. The highest BCUT2D eigenvalue weighted by molar-refractivity contribution is 6.14. The van der Waals surface area contributed by atoms with Crippen LogP contribution in [0.3, 0.4) is 0 Å². The largest absolute Gasteiger partial charge is 0.455 e. The Morgan fingerprint density at radius 1 is 0.300 bits per heavy atom. The first-order valence-corrected chi connectivity index (χ1v) is 20.5. The van der Waals surface area contributed by atoms with E-state index in [1.165, 1.54) is 43.8 Å². The van der Waals surface area contributed by atoms with Crippen LogP contribution in [0.15, 0.2) is 241 Å². The number of para-hydroxylation sites is 2. The van der Waals surface area contributed by atoms with Crippen LogP contribution in [0.5, 0.6) is 0 Å². The molecule has 0 atom stereocenters. The van der Waals surface area contributed by atoms with E-state index >= 15 is 0 Å². The average molecular weight is 766 g/mol. The van der Waals surface area contributed by atoms with Crippen LogP contribution in [-0.4, -0.2) is 0 Å². The van der Waals surface area contributed by atoms with E-state index < -0.39 is 0 Å². The normalized spacial score (nSPS) is 11.3. The van der Waals surface area contributed by atoms with E-state index in [1.807, 2.05) is 6.07 Å². The smallest absolute Gasteiger partial charge is 0.143 e. The summed E-state index contributed by atoms with van der Waals surface area (Å²) in [6.45, 7) is 0. The first-order valence-electron chi connectivity index (χ1n) is 20.5. The zero-order chi connectivity index (χ0) is 39.8. The van der Waals surface area contributed by atoms with Crippen LogP contribution < -0.4 is 4.90 Å². The van der Waals surface area contributed by atoms with Gasteiger partial charge in [0.25, 0.3) is 0 Å². The minimum Gasteiger partial charge on any atom is -0.455 e. The van der Waals surface area contributed by atoms with E-state index in [0.717, 1.165) is 61.6 Å². The Labute approximate surface area is 349 Å². The Morgan fingerprint density at radius 3 is 1.63 bits per heavy atom. The lowest BCUT2D eigenvalue weighted by molar-refractivity contribution is 0.632. The van der Waals surface area contributed by atoms with Crippen LogP contribution >= 0.6 is 0 Å². The summed E-state index contributed by atoms with van der Waals surface area (Å²) in [6.07, 6.45) is 0. The molecule has 60 heavy (non-hydrogen) atoms. The number of rotatable bonds is 8. The predicted octanol–water partition coefficient (Wildman–Crippen LogP) is 16.5. The van der Waals surface area contributed by atoms with Crippen molar-refractivity contribution in [2.75, 3.05) is 4.90 Å². The number of hydrogen-bond acceptors (Lipinski definition) is 2. The van der Waals surface area contributed by atoms with E-state index in [9.17, 15) is 0 Å². The fraction of sp³-hybridized carbons (Fsp3) is 0. The van der Waals surface area contributed by atoms with Crippen LogP contribution in [0.2, 0.25) is 0 Å². The molecule has 2 heteroatoms. The van der Waals surface area contributed by atoms with Crippen molar-refractivity contribution in [3.8, 4) is 55.8 Å². The van der Waals surface area contributed by atoms with Gasteiger partial charge in [-0.25, -0.2) is 0 Å². The van der Waals surface area contributed by atoms with Gasteiger partial charge < -0.3 is 9.32 Å². The van der Waals surface area contributed by atoms with Gasteiger partial charge in [0.1, 0.15) is 11.3 Å². The zero-order valence-corrected chi connectivity index (χ0v) is 32.9. The number of benzene rings is 10. The average Bonchev–Trinajstić information content (AvgIpc) is 3.73. The summed E-state index contributed by atoms with van der Waals surface area (Å²) < 4.78 is 6.74. The highest BCUT2D eigenvalue weighted by Gasteiger charge is 2.22. The van der Waals surface area contributed by atoms with Gasteiger partial charge in [-0.3, -0.25) is 0 Å². The molecule has 0 saturated carbocycles. The number of fused-ring (bicyclic) bond motifs is 4. The summed E-state index contributed by atoms with van der Waals surface area (Å²) in [6, 6.07) is 84.7. The second-order valence-corrected chi connectivity index (χ2v) is 15.3. The summed E-state index contributed by atoms with van der Waals surface area (Å²) in [4.78, 5) is 2.39. The molecule has 11 rings (SSSR count). The van der Waals surface area contributed by atoms with Gasteiger partial charge in [0.05, 0.1) is 5.69 Å². The molecule has 0 fully saturated rings. The van der Waals surface area contributed by atoms with Crippen molar-refractivity contribution in [2.24, 2.45) is 0 Å². The number of hydrogen-bond donors (Lipinski definition) is 0. The fourth-order valence-electron chi connectivity index (χ4n) is 8.82. The van der Waals surface area contributed by atoms with Crippen molar-refractivity contribution in [3.05, 3.63) is 237 Å². The van der Waals surface area contributed by atoms with Crippen LogP contribution in [0.1, 0.15) is 0 Å². The Kier molecular flexibility index (Phi) is 8.87. The maximum Gasteiger partial charge on any atom is 0.143 e. The molecular formula is C58H39NO. The molecule has 10 aromatic carbocycles. The molecule has 0 aliphatic rings. The lowest BCUT2D eigenvalue weighted by Gasteiger charge is -2.28. The lowest BCUT2D eigenvalue weighted by Crippen LogP contribution is -2.11. The van der Waals surface area contributed by atoms with Crippen LogP contribution in [-0.2, 0) is 0 Å². The minimum absolute atomic E-state index is 0.854. The van der Waals surface area contributed by atoms with Crippen molar-refractivity contribution in [2.45, 2.75) is 0 Å². The summed E-state index contributed by atoms with van der Waals surface area (Å²) in [7, 11) is 0. The summed E-state index contributed by atoms with van der Waals surface area (Å²) in [5.74, 6) is 0.854. The molecular weight excluding hydrogens is 727 g/mol. The van der Waals surface area contributed by atoms with Gasteiger partial charge in [-0.05, 0) is 97.4 Å². The maximum atomic E-state index is 6.74. The molecule has 282 valence electrons. The molecule has 1 aromatic heterocycles. The van der Waals surface area contributed by atoms with Gasteiger partial charge in [-0.1, -0.05) is 194 Å². The van der Waals surface area contributed by atoms with Crippen molar-refractivity contribution < 1.29 is 4.42 Å². The monoisotopic (exact) mass is 765 g/mol. The summed E-state index contributed by atoms with van der Waals surface area (Å²) in [5.41, 5.74) is 14.4. The van der Waals surface area contributed by atoms with Gasteiger partial charge in [0.2, 0.25) is 0 Å². The van der Waals surface area contributed by atoms with Gasteiger partial charge in [0.15, 0.2) is 0 Å². The predicted molar refractivity (Wildman–Crippen MR) is 253 cm³/mol. The van der Waals surface area contributed by atoms with Gasteiger partial charge in [0, 0.05) is 33.5 Å². The quantitative estimate of drug-likeness (QED) is 0.143. The third-order valence-electron chi connectivity index (χ3n) is 11.7. The van der Waals surface area contributed by atoms with Crippen molar-refractivity contribution in [3.63, 3.8) is 0 Å². The first kappa shape index (κ1) is 35.2. The molecule has 0 aliphatic heterocycles. The van der Waals surface area contributed by atoms with Gasteiger partial charge in [-0.15, -0.1) is 0 Å².